The fraction of sp³-hybridized carbons (Fsp3) is 0.867. The Labute approximate surface area is 106 Å². The molecule has 1 N–H and O–H groups in total. The molecule has 3 unspecified atom stereocenters. The Hall–Kier alpha value is -0.340. The highest BCUT2D eigenvalue weighted by Gasteiger charge is 2.22. The van der Waals surface area contributed by atoms with Crippen molar-refractivity contribution in [2.45, 2.75) is 52.5 Å². The van der Waals surface area contributed by atoms with Gasteiger partial charge in [-0.05, 0) is 44.4 Å². The van der Waals surface area contributed by atoms with Crippen LogP contribution in [0.25, 0.3) is 0 Å². The Bertz CT molecular complexity index is 279. The van der Waals surface area contributed by atoms with Crippen molar-refractivity contribution in [1.82, 2.24) is 5.32 Å². The van der Waals surface area contributed by atoms with Gasteiger partial charge in [-0.25, -0.2) is 0 Å². The second kappa shape index (κ2) is 6.01. The summed E-state index contributed by atoms with van der Waals surface area (Å²) in [7, 11) is 0. The summed E-state index contributed by atoms with van der Waals surface area (Å²) in [6, 6.07) is 0.547. The van der Waals surface area contributed by atoms with Crippen LogP contribution in [0.15, 0.2) is 11.1 Å². The normalized spacial score (nSPS) is 37.9. The number of hydrogen-bond donors (Lipinski definition) is 1. The van der Waals surface area contributed by atoms with Crippen LogP contribution in [0.1, 0.15) is 46.5 Å². The van der Waals surface area contributed by atoms with Gasteiger partial charge in [-0.1, -0.05) is 25.0 Å². The lowest BCUT2D eigenvalue weighted by atomic mass is 9.77. The minimum absolute atomic E-state index is 0.547. The molecule has 2 fully saturated rings. The molecular formula is C15H27NO. The van der Waals surface area contributed by atoms with E-state index in [0.717, 1.165) is 31.6 Å². The highest BCUT2D eigenvalue weighted by molar-refractivity contribution is 5.16. The summed E-state index contributed by atoms with van der Waals surface area (Å²) in [6.45, 7) is 9.90. The lowest BCUT2D eigenvalue weighted by molar-refractivity contribution is 0.0768. The Kier molecular flexibility index (Phi) is 4.63. The highest BCUT2D eigenvalue weighted by atomic mass is 16.5. The van der Waals surface area contributed by atoms with E-state index in [1.807, 2.05) is 0 Å². The summed E-state index contributed by atoms with van der Waals surface area (Å²) in [5.41, 5.74) is 3.34. The van der Waals surface area contributed by atoms with Crippen LogP contribution in [-0.4, -0.2) is 25.8 Å². The predicted octanol–water partition coefficient (Wildman–Crippen LogP) is 3.14. The summed E-state index contributed by atoms with van der Waals surface area (Å²) in [4.78, 5) is 0. The zero-order chi connectivity index (χ0) is 12.3. The Morgan fingerprint density at radius 1 is 1.35 bits per heavy atom. The summed E-state index contributed by atoms with van der Waals surface area (Å²) < 4.78 is 5.52. The molecule has 1 aliphatic carbocycles. The van der Waals surface area contributed by atoms with E-state index in [1.54, 1.807) is 11.1 Å². The van der Waals surface area contributed by atoms with E-state index >= 15 is 0 Å². The van der Waals surface area contributed by atoms with Crippen LogP contribution < -0.4 is 5.32 Å². The Balaban J connectivity index is 1.90. The van der Waals surface area contributed by atoms with Crippen molar-refractivity contribution in [3.8, 4) is 0 Å². The van der Waals surface area contributed by atoms with Gasteiger partial charge in [0.1, 0.15) is 0 Å². The molecule has 98 valence electrons. The van der Waals surface area contributed by atoms with Crippen molar-refractivity contribution in [1.29, 1.82) is 0 Å². The van der Waals surface area contributed by atoms with Gasteiger partial charge in [0.25, 0.3) is 0 Å². The number of allylic oxidation sites excluding steroid dienone is 1. The van der Waals surface area contributed by atoms with Gasteiger partial charge in [0.2, 0.25) is 0 Å². The molecule has 2 aliphatic rings. The van der Waals surface area contributed by atoms with Gasteiger partial charge >= 0.3 is 0 Å². The van der Waals surface area contributed by atoms with Crippen LogP contribution in [0.2, 0.25) is 0 Å². The van der Waals surface area contributed by atoms with Crippen LogP contribution in [0.5, 0.6) is 0 Å². The second-order valence-corrected chi connectivity index (χ2v) is 6.01. The summed E-state index contributed by atoms with van der Waals surface area (Å²) in [5, 5.41) is 3.55. The number of hydrogen-bond acceptors (Lipinski definition) is 2. The third-order valence-corrected chi connectivity index (χ3v) is 4.60. The van der Waals surface area contributed by atoms with Crippen molar-refractivity contribution in [2.24, 2.45) is 11.8 Å². The molecule has 2 heteroatoms. The predicted molar refractivity (Wildman–Crippen MR) is 72.1 cm³/mol. The highest BCUT2D eigenvalue weighted by Crippen LogP contribution is 2.35. The molecule has 1 saturated carbocycles. The van der Waals surface area contributed by atoms with Crippen molar-refractivity contribution >= 4 is 0 Å². The van der Waals surface area contributed by atoms with Crippen LogP contribution in [0.4, 0.5) is 0 Å². The maximum Gasteiger partial charge on any atom is 0.0623 e. The molecule has 17 heavy (non-hydrogen) atoms. The van der Waals surface area contributed by atoms with Crippen LogP contribution in [-0.2, 0) is 4.74 Å². The first-order valence-corrected chi connectivity index (χ1v) is 7.15. The van der Waals surface area contributed by atoms with Crippen molar-refractivity contribution in [3.63, 3.8) is 0 Å². The minimum Gasteiger partial charge on any atom is -0.379 e. The zero-order valence-electron chi connectivity index (χ0n) is 11.6. The fourth-order valence-electron chi connectivity index (χ4n) is 3.03. The number of ether oxygens (including phenoxy) is 1. The number of nitrogens with one attached hydrogen (secondary N) is 1. The smallest absolute Gasteiger partial charge is 0.0623 e. The summed E-state index contributed by atoms with van der Waals surface area (Å²) in [6.07, 6.45) is 5.20. The van der Waals surface area contributed by atoms with E-state index in [1.165, 1.54) is 25.7 Å². The average Bonchev–Trinajstić information content (AvgIpc) is 2.34. The van der Waals surface area contributed by atoms with Crippen molar-refractivity contribution in [2.75, 3.05) is 19.8 Å². The molecular weight excluding hydrogens is 210 g/mol. The molecule has 0 spiro atoms. The Morgan fingerprint density at radius 2 is 2.18 bits per heavy atom. The van der Waals surface area contributed by atoms with E-state index < -0.39 is 0 Å². The van der Waals surface area contributed by atoms with Crippen molar-refractivity contribution in [3.05, 3.63) is 11.1 Å². The van der Waals surface area contributed by atoms with E-state index in [2.05, 4.69) is 26.1 Å². The third-order valence-electron chi connectivity index (χ3n) is 4.60. The molecule has 2 rings (SSSR count). The number of rotatable bonds is 2. The molecule has 2 nitrogen and oxygen atoms in total. The van der Waals surface area contributed by atoms with Gasteiger partial charge in [0.15, 0.2) is 0 Å². The fourth-order valence-corrected chi connectivity index (χ4v) is 3.03. The molecule has 1 saturated heterocycles. The van der Waals surface area contributed by atoms with E-state index in [-0.39, 0.29) is 0 Å². The second-order valence-electron chi connectivity index (χ2n) is 6.01. The molecule has 0 aromatic heterocycles. The van der Waals surface area contributed by atoms with Gasteiger partial charge in [0.05, 0.1) is 13.2 Å². The molecule has 0 aromatic rings. The zero-order valence-corrected chi connectivity index (χ0v) is 11.6. The molecule has 0 amide bonds. The van der Waals surface area contributed by atoms with Crippen LogP contribution in [0.3, 0.4) is 0 Å². The standard InChI is InChI=1S/C15H27NO/c1-11-4-5-14(8-12(11)2)13(3)9-15-10-17-7-6-16-15/h11-12,15-16H,4-10H2,1-3H3. The first kappa shape index (κ1) is 13.1. The van der Waals surface area contributed by atoms with E-state index in [9.17, 15) is 0 Å². The SMILES string of the molecule is CC(CC1COCCN1)=C1CCC(C)C(C)C1. The monoisotopic (exact) mass is 237 g/mol. The summed E-state index contributed by atoms with van der Waals surface area (Å²) in [5.74, 6) is 1.77. The van der Waals surface area contributed by atoms with Gasteiger partial charge in [-0.15, -0.1) is 0 Å². The molecule has 0 bridgehead atoms. The van der Waals surface area contributed by atoms with Crippen LogP contribution >= 0.6 is 0 Å². The van der Waals surface area contributed by atoms with E-state index in [4.69, 9.17) is 4.74 Å². The average molecular weight is 237 g/mol. The summed E-state index contributed by atoms with van der Waals surface area (Å²) >= 11 is 0. The third kappa shape index (κ3) is 3.56. The van der Waals surface area contributed by atoms with Gasteiger partial charge < -0.3 is 10.1 Å². The maximum absolute atomic E-state index is 5.52. The molecule has 3 atom stereocenters. The van der Waals surface area contributed by atoms with Gasteiger partial charge in [-0.2, -0.15) is 0 Å². The quantitative estimate of drug-likeness (QED) is 0.745. The lowest BCUT2D eigenvalue weighted by Gasteiger charge is -2.30. The molecule has 0 radical (unpaired) electrons. The number of morpholine rings is 1. The molecule has 1 heterocycles. The largest absolute Gasteiger partial charge is 0.379 e. The lowest BCUT2D eigenvalue weighted by Crippen LogP contribution is -2.41. The van der Waals surface area contributed by atoms with Crippen molar-refractivity contribution < 1.29 is 4.74 Å². The van der Waals surface area contributed by atoms with Gasteiger partial charge in [-0.3, -0.25) is 0 Å². The minimum atomic E-state index is 0.547. The molecule has 0 aromatic carbocycles. The van der Waals surface area contributed by atoms with Gasteiger partial charge in [0, 0.05) is 12.6 Å². The first-order valence-electron chi connectivity index (χ1n) is 7.15. The topological polar surface area (TPSA) is 21.3 Å². The van der Waals surface area contributed by atoms with Crippen LogP contribution in [0, 0.1) is 11.8 Å². The Morgan fingerprint density at radius 3 is 2.82 bits per heavy atom. The first-order chi connectivity index (χ1) is 8.16. The molecule has 1 aliphatic heterocycles. The van der Waals surface area contributed by atoms with E-state index in [0.29, 0.717) is 6.04 Å². The maximum atomic E-state index is 5.52.